The number of β-amino-alcohol motifs (C(OH)–C–C–N with tert-alkyl or cyclic N) is 1. The second-order valence-corrected chi connectivity index (χ2v) is 3.57. The first-order valence-electron chi connectivity index (χ1n) is 4.87. The summed E-state index contributed by atoms with van der Waals surface area (Å²) in [6.07, 6.45) is 1.34. The molecule has 2 N–H and O–H groups in total. The highest BCUT2D eigenvalue weighted by molar-refractivity contribution is 5.74. The normalized spacial score (nSPS) is 28.7. The number of aliphatic hydroxyl groups excluding tert-OH is 1. The van der Waals surface area contributed by atoms with Crippen molar-refractivity contribution in [3.05, 3.63) is 0 Å². The van der Waals surface area contributed by atoms with Crippen molar-refractivity contribution < 1.29 is 9.90 Å². The second-order valence-electron chi connectivity index (χ2n) is 3.57. The molecule has 4 nitrogen and oxygen atoms in total. The predicted octanol–water partition coefficient (Wildman–Crippen LogP) is 0.561. The summed E-state index contributed by atoms with van der Waals surface area (Å²) in [6, 6.07) is 0.184. The lowest BCUT2D eigenvalue weighted by atomic mass is 10.0. The molecule has 0 bridgehead atoms. The zero-order chi connectivity index (χ0) is 9.84. The van der Waals surface area contributed by atoms with Crippen LogP contribution in [0.5, 0.6) is 0 Å². The highest BCUT2D eigenvalue weighted by atomic mass is 16.3. The van der Waals surface area contributed by atoms with Gasteiger partial charge in [-0.2, -0.15) is 0 Å². The Morgan fingerprint density at radius 1 is 1.62 bits per heavy atom. The van der Waals surface area contributed by atoms with Gasteiger partial charge in [-0.05, 0) is 26.7 Å². The van der Waals surface area contributed by atoms with E-state index in [0.717, 1.165) is 12.8 Å². The van der Waals surface area contributed by atoms with Gasteiger partial charge in [-0.3, -0.25) is 0 Å². The Hall–Kier alpha value is -0.770. The highest BCUT2D eigenvalue weighted by Gasteiger charge is 2.27. The quantitative estimate of drug-likeness (QED) is 0.628. The minimum atomic E-state index is -0.348. The van der Waals surface area contributed by atoms with Crippen molar-refractivity contribution in [3.8, 4) is 0 Å². The van der Waals surface area contributed by atoms with Crippen LogP contribution in [-0.4, -0.2) is 41.3 Å². The Balaban J connectivity index is 2.50. The fourth-order valence-electron chi connectivity index (χ4n) is 1.62. The minimum absolute atomic E-state index is 0.0613. The molecule has 2 unspecified atom stereocenters. The topological polar surface area (TPSA) is 52.6 Å². The maximum atomic E-state index is 11.5. The SMILES string of the molecule is CCNC(=O)N1CC(O)CCC1C. The third kappa shape index (κ3) is 2.59. The van der Waals surface area contributed by atoms with E-state index in [1.807, 2.05) is 13.8 Å². The summed E-state index contributed by atoms with van der Waals surface area (Å²) in [6.45, 7) is 5.01. The number of rotatable bonds is 1. The van der Waals surface area contributed by atoms with E-state index in [1.165, 1.54) is 0 Å². The van der Waals surface area contributed by atoms with Gasteiger partial charge in [0, 0.05) is 19.1 Å². The van der Waals surface area contributed by atoms with Crippen LogP contribution in [0.4, 0.5) is 4.79 Å². The predicted molar refractivity (Wildman–Crippen MR) is 50.5 cm³/mol. The highest BCUT2D eigenvalue weighted by Crippen LogP contribution is 2.16. The third-order valence-corrected chi connectivity index (χ3v) is 2.45. The summed E-state index contributed by atoms with van der Waals surface area (Å²) in [5.41, 5.74) is 0. The number of amides is 2. The molecule has 0 spiro atoms. The number of carbonyl (C=O) groups excluding carboxylic acids is 1. The number of aliphatic hydroxyl groups is 1. The summed E-state index contributed by atoms with van der Waals surface area (Å²) in [4.78, 5) is 13.2. The first-order chi connectivity index (χ1) is 6.15. The number of carbonyl (C=O) groups is 1. The molecule has 4 heteroatoms. The number of likely N-dealkylation sites (tertiary alicyclic amines) is 1. The van der Waals surface area contributed by atoms with Gasteiger partial charge in [0.2, 0.25) is 0 Å². The van der Waals surface area contributed by atoms with Gasteiger partial charge < -0.3 is 15.3 Å². The standard InChI is InChI=1S/C9H18N2O2/c1-3-10-9(13)11-6-8(12)5-4-7(11)2/h7-8,12H,3-6H2,1-2H3,(H,10,13). The zero-order valence-electron chi connectivity index (χ0n) is 8.29. The molecule has 1 aliphatic heterocycles. The smallest absolute Gasteiger partial charge is 0.317 e. The molecule has 13 heavy (non-hydrogen) atoms. The minimum Gasteiger partial charge on any atom is -0.391 e. The molecular formula is C9H18N2O2. The molecule has 1 fully saturated rings. The maximum Gasteiger partial charge on any atom is 0.317 e. The molecule has 0 radical (unpaired) electrons. The molecular weight excluding hydrogens is 168 g/mol. The van der Waals surface area contributed by atoms with Crippen LogP contribution in [0.1, 0.15) is 26.7 Å². The number of hydrogen-bond donors (Lipinski definition) is 2. The Morgan fingerprint density at radius 2 is 2.31 bits per heavy atom. The van der Waals surface area contributed by atoms with E-state index in [-0.39, 0.29) is 18.2 Å². The van der Waals surface area contributed by atoms with Gasteiger partial charge in [-0.25, -0.2) is 4.79 Å². The molecule has 0 aromatic rings. The Kier molecular flexibility index (Phi) is 3.54. The van der Waals surface area contributed by atoms with Crippen LogP contribution < -0.4 is 5.32 Å². The van der Waals surface area contributed by atoms with E-state index in [2.05, 4.69) is 5.32 Å². The molecule has 1 saturated heterocycles. The molecule has 0 aromatic carbocycles. The van der Waals surface area contributed by atoms with Crippen LogP contribution in [-0.2, 0) is 0 Å². The number of hydrogen-bond acceptors (Lipinski definition) is 2. The van der Waals surface area contributed by atoms with E-state index in [9.17, 15) is 9.90 Å². The number of piperidine rings is 1. The summed E-state index contributed by atoms with van der Waals surface area (Å²) < 4.78 is 0. The Bertz CT molecular complexity index is 184. The third-order valence-electron chi connectivity index (χ3n) is 2.45. The van der Waals surface area contributed by atoms with Crippen LogP contribution >= 0.6 is 0 Å². The van der Waals surface area contributed by atoms with Gasteiger partial charge in [0.25, 0.3) is 0 Å². The van der Waals surface area contributed by atoms with Gasteiger partial charge >= 0.3 is 6.03 Å². The van der Waals surface area contributed by atoms with Crippen LogP contribution in [0.2, 0.25) is 0 Å². The van der Waals surface area contributed by atoms with Crippen molar-refractivity contribution in [2.24, 2.45) is 0 Å². The van der Waals surface area contributed by atoms with Gasteiger partial charge in [-0.15, -0.1) is 0 Å². The van der Waals surface area contributed by atoms with Crippen molar-refractivity contribution in [2.45, 2.75) is 38.8 Å². The van der Waals surface area contributed by atoms with Crippen molar-refractivity contribution >= 4 is 6.03 Å². The fourth-order valence-corrected chi connectivity index (χ4v) is 1.62. The fraction of sp³-hybridized carbons (Fsp3) is 0.889. The van der Waals surface area contributed by atoms with Gasteiger partial charge in [0.05, 0.1) is 6.10 Å². The van der Waals surface area contributed by atoms with Crippen LogP contribution in [0.3, 0.4) is 0 Å². The van der Waals surface area contributed by atoms with Gasteiger partial charge in [0.1, 0.15) is 0 Å². The largest absolute Gasteiger partial charge is 0.391 e. The van der Waals surface area contributed by atoms with E-state index >= 15 is 0 Å². The molecule has 0 aromatic heterocycles. The molecule has 0 saturated carbocycles. The molecule has 1 heterocycles. The number of urea groups is 1. The number of nitrogens with zero attached hydrogens (tertiary/aromatic N) is 1. The monoisotopic (exact) mass is 186 g/mol. The molecule has 2 amide bonds. The molecule has 0 aliphatic carbocycles. The summed E-state index contributed by atoms with van der Waals surface area (Å²) in [5.74, 6) is 0. The molecule has 1 aliphatic rings. The van der Waals surface area contributed by atoms with Crippen molar-refractivity contribution in [3.63, 3.8) is 0 Å². The Morgan fingerprint density at radius 3 is 2.92 bits per heavy atom. The molecule has 2 atom stereocenters. The summed E-state index contributed by atoms with van der Waals surface area (Å²) in [7, 11) is 0. The lowest BCUT2D eigenvalue weighted by Crippen LogP contribution is -2.51. The average molecular weight is 186 g/mol. The van der Waals surface area contributed by atoms with Crippen LogP contribution in [0, 0.1) is 0 Å². The van der Waals surface area contributed by atoms with Crippen molar-refractivity contribution in [1.82, 2.24) is 10.2 Å². The van der Waals surface area contributed by atoms with E-state index in [4.69, 9.17) is 0 Å². The molecule has 76 valence electrons. The van der Waals surface area contributed by atoms with E-state index in [1.54, 1.807) is 4.90 Å². The van der Waals surface area contributed by atoms with Crippen LogP contribution in [0.25, 0.3) is 0 Å². The van der Waals surface area contributed by atoms with E-state index < -0.39 is 0 Å². The van der Waals surface area contributed by atoms with E-state index in [0.29, 0.717) is 13.1 Å². The maximum absolute atomic E-state index is 11.5. The lowest BCUT2D eigenvalue weighted by Gasteiger charge is -2.35. The zero-order valence-corrected chi connectivity index (χ0v) is 8.29. The first-order valence-corrected chi connectivity index (χ1v) is 4.87. The number of nitrogens with one attached hydrogen (secondary N) is 1. The van der Waals surface area contributed by atoms with Gasteiger partial charge in [0.15, 0.2) is 0 Å². The van der Waals surface area contributed by atoms with Crippen molar-refractivity contribution in [2.75, 3.05) is 13.1 Å². The first kappa shape index (κ1) is 10.3. The van der Waals surface area contributed by atoms with Crippen LogP contribution in [0.15, 0.2) is 0 Å². The summed E-state index contributed by atoms with van der Waals surface area (Å²) >= 11 is 0. The summed E-state index contributed by atoms with van der Waals surface area (Å²) in [5, 5.41) is 12.1. The van der Waals surface area contributed by atoms with Crippen molar-refractivity contribution in [1.29, 1.82) is 0 Å². The van der Waals surface area contributed by atoms with Gasteiger partial charge in [-0.1, -0.05) is 0 Å². The average Bonchev–Trinajstić information content (AvgIpc) is 2.09. The molecule has 1 rings (SSSR count). The Labute approximate surface area is 78.9 Å². The lowest BCUT2D eigenvalue weighted by molar-refractivity contribution is 0.0600. The second kappa shape index (κ2) is 4.46.